The SMILES string of the molecule is CCCCC(O)c1cc(C(C)C)ccc1OC. The molecule has 0 aromatic heterocycles. The van der Waals surface area contributed by atoms with Crippen molar-refractivity contribution < 1.29 is 9.84 Å². The van der Waals surface area contributed by atoms with E-state index in [1.165, 1.54) is 5.56 Å². The zero-order valence-corrected chi connectivity index (χ0v) is 11.4. The smallest absolute Gasteiger partial charge is 0.124 e. The first-order valence-corrected chi connectivity index (χ1v) is 6.46. The lowest BCUT2D eigenvalue weighted by atomic mass is 9.96. The van der Waals surface area contributed by atoms with Gasteiger partial charge in [0.2, 0.25) is 0 Å². The highest BCUT2D eigenvalue weighted by Gasteiger charge is 2.14. The summed E-state index contributed by atoms with van der Waals surface area (Å²) in [7, 11) is 1.65. The molecular formula is C15H24O2. The van der Waals surface area contributed by atoms with Crippen LogP contribution >= 0.6 is 0 Å². The number of rotatable bonds is 6. The number of aliphatic hydroxyl groups excluding tert-OH is 1. The maximum atomic E-state index is 10.2. The van der Waals surface area contributed by atoms with Gasteiger partial charge in [0.25, 0.3) is 0 Å². The zero-order chi connectivity index (χ0) is 12.8. The number of hydrogen-bond acceptors (Lipinski definition) is 2. The molecule has 0 bridgehead atoms. The van der Waals surface area contributed by atoms with Crippen LogP contribution in [0.15, 0.2) is 18.2 Å². The molecule has 17 heavy (non-hydrogen) atoms. The Bertz CT molecular complexity index is 345. The van der Waals surface area contributed by atoms with E-state index in [1.807, 2.05) is 6.07 Å². The number of aliphatic hydroxyl groups is 1. The average molecular weight is 236 g/mol. The molecule has 1 aromatic rings. The fraction of sp³-hybridized carbons (Fsp3) is 0.600. The number of hydrogen-bond donors (Lipinski definition) is 1. The van der Waals surface area contributed by atoms with Crippen molar-refractivity contribution in [3.63, 3.8) is 0 Å². The minimum Gasteiger partial charge on any atom is -0.496 e. The highest BCUT2D eigenvalue weighted by molar-refractivity contribution is 5.39. The molecule has 0 radical (unpaired) electrons. The van der Waals surface area contributed by atoms with Crippen molar-refractivity contribution in [2.75, 3.05) is 7.11 Å². The van der Waals surface area contributed by atoms with Gasteiger partial charge in [0.15, 0.2) is 0 Å². The summed E-state index contributed by atoms with van der Waals surface area (Å²) < 4.78 is 5.32. The lowest BCUT2D eigenvalue weighted by molar-refractivity contribution is 0.160. The molecule has 0 amide bonds. The summed E-state index contributed by atoms with van der Waals surface area (Å²) in [5, 5.41) is 10.2. The van der Waals surface area contributed by atoms with Crippen LogP contribution in [-0.2, 0) is 0 Å². The second kappa shape index (κ2) is 6.65. The van der Waals surface area contributed by atoms with Crippen molar-refractivity contribution in [2.45, 2.75) is 52.1 Å². The Balaban J connectivity index is 2.96. The Hall–Kier alpha value is -1.02. The van der Waals surface area contributed by atoms with E-state index >= 15 is 0 Å². The predicted octanol–water partition coefficient (Wildman–Crippen LogP) is 4.04. The van der Waals surface area contributed by atoms with E-state index in [1.54, 1.807) is 7.11 Å². The normalized spacial score (nSPS) is 12.8. The van der Waals surface area contributed by atoms with Crippen LogP contribution in [0.2, 0.25) is 0 Å². The second-order valence-corrected chi connectivity index (χ2v) is 4.81. The Labute approximate surface area is 105 Å². The zero-order valence-electron chi connectivity index (χ0n) is 11.4. The van der Waals surface area contributed by atoms with Gasteiger partial charge in [-0.3, -0.25) is 0 Å². The molecule has 2 nitrogen and oxygen atoms in total. The first-order chi connectivity index (χ1) is 8.10. The Morgan fingerprint density at radius 2 is 2.00 bits per heavy atom. The third-order valence-corrected chi connectivity index (χ3v) is 3.11. The molecule has 0 aliphatic heterocycles. The van der Waals surface area contributed by atoms with E-state index in [4.69, 9.17) is 4.74 Å². The van der Waals surface area contributed by atoms with Gasteiger partial charge in [-0.15, -0.1) is 0 Å². The lowest BCUT2D eigenvalue weighted by Crippen LogP contribution is -2.02. The van der Waals surface area contributed by atoms with Crippen molar-refractivity contribution in [1.82, 2.24) is 0 Å². The molecule has 1 aromatic carbocycles. The number of ether oxygens (including phenoxy) is 1. The second-order valence-electron chi connectivity index (χ2n) is 4.81. The minimum absolute atomic E-state index is 0.413. The van der Waals surface area contributed by atoms with Crippen LogP contribution in [0.25, 0.3) is 0 Å². The Morgan fingerprint density at radius 1 is 1.29 bits per heavy atom. The fourth-order valence-corrected chi connectivity index (χ4v) is 1.93. The molecular weight excluding hydrogens is 212 g/mol. The molecule has 0 aliphatic carbocycles. The van der Waals surface area contributed by atoms with Gasteiger partial charge in [-0.2, -0.15) is 0 Å². The summed E-state index contributed by atoms with van der Waals surface area (Å²) in [5.74, 6) is 1.26. The number of benzene rings is 1. The van der Waals surface area contributed by atoms with E-state index in [-0.39, 0.29) is 0 Å². The van der Waals surface area contributed by atoms with Gasteiger partial charge in [-0.25, -0.2) is 0 Å². The third-order valence-electron chi connectivity index (χ3n) is 3.11. The van der Waals surface area contributed by atoms with E-state index in [0.29, 0.717) is 5.92 Å². The topological polar surface area (TPSA) is 29.5 Å². The van der Waals surface area contributed by atoms with Gasteiger partial charge in [-0.1, -0.05) is 39.7 Å². The quantitative estimate of drug-likeness (QED) is 0.807. The van der Waals surface area contributed by atoms with Crippen LogP contribution in [-0.4, -0.2) is 12.2 Å². The third kappa shape index (κ3) is 3.74. The van der Waals surface area contributed by atoms with Crippen molar-refractivity contribution in [2.24, 2.45) is 0 Å². The molecule has 0 saturated carbocycles. The minimum atomic E-state index is -0.413. The van der Waals surface area contributed by atoms with E-state index < -0.39 is 6.10 Å². The molecule has 96 valence electrons. The largest absolute Gasteiger partial charge is 0.496 e. The molecule has 1 unspecified atom stereocenters. The van der Waals surface area contributed by atoms with E-state index in [0.717, 1.165) is 30.6 Å². The van der Waals surface area contributed by atoms with Crippen molar-refractivity contribution in [3.8, 4) is 5.75 Å². The summed E-state index contributed by atoms with van der Waals surface area (Å²) in [6.07, 6.45) is 2.53. The molecule has 0 fully saturated rings. The molecule has 1 atom stereocenters. The highest BCUT2D eigenvalue weighted by atomic mass is 16.5. The first kappa shape index (κ1) is 14.0. The lowest BCUT2D eigenvalue weighted by Gasteiger charge is -2.17. The molecule has 0 aliphatic rings. The number of unbranched alkanes of at least 4 members (excludes halogenated alkanes) is 1. The predicted molar refractivity (Wildman–Crippen MR) is 71.6 cm³/mol. The summed E-state index contributed by atoms with van der Waals surface area (Å²) in [6, 6.07) is 6.10. The molecule has 1 rings (SSSR count). The Kier molecular flexibility index (Phi) is 5.49. The molecule has 2 heteroatoms. The van der Waals surface area contributed by atoms with Crippen LogP contribution in [0.4, 0.5) is 0 Å². The first-order valence-electron chi connectivity index (χ1n) is 6.46. The average Bonchev–Trinajstić information content (AvgIpc) is 2.34. The highest BCUT2D eigenvalue weighted by Crippen LogP contribution is 2.31. The van der Waals surface area contributed by atoms with Gasteiger partial charge in [0.05, 0.1) is 13.2 Å². The van der Waals surface area contributed by atoms with Crippen molar-refractivity contribution in [1.29, 1.82) is 0 Å². The van der Waals surface area contributed by atoms with Crippen LogP contribution in [0.3, 0.4) is 0 Å². The van der Waals surface area contributed by atoms with E-state index in [9.17, 15) is 5.11 Å². The van der Waals surface area contributed by atoms with Gasteiger partial charge in [0, 0.05) is 5.56 Å². The number of methoxy groups -OCH3 is 1. The van der Waals surface area contributed by atoms with E-state index in [2.05, 4.69) is 32.9 Å². The van der Waals surface area contributed by atoms with Gasteiger partial charge >= 0.3 is 0 Å². The van der Waals surface area contributed by atoms with Gasteiger partial charge in [0.1, 0.15) is 5.75 Å². The van der Waals surface area contributed by atoms with Crippen LogP contribution < -0.4 is 4.74 Å². The van der Waals surface area contributed by atoms with Gasteiger partial charge < -0.3 is 9.84 Å². The van der Waals surface area contributed by atoms with Crippen molar-refractivity contribution >= 4 is 0 Å². The van der Waals surface area contributed by atoms with Crippen LogP contribution in [0.5, 0.6) is 5.75 Å². The monoisotopic (exact) mass is 236 g/mol. The summed E-state index contributed by atoms with van der Waals surface area (Å²) in [4.78, 5) is 0. The molecule has 1 N–H and O–H groups in total. The maximum Gasteiger partial charge on any atom is 0.124 e. The van der Waals surface area contributed by atoms with Gasteiger partial charge in [-0.05, 0) is 30.0 Å². The van der Waals surface area contributed by atoms with Crippen LogP contribution in [0, 0.1) is 0 Å². The summed E-state index contributed by atoms with van der Waals surface area (Å²) in [6.45, 7) is 6.45. The summed E-state index contributed by atoms with van der Waals surface area (Å²) in [5.41, 5.74) is 2.17. The summed E-state index contributed by atoms with van der Waals surface area (Å²) >= 11 is 0. The molecule has 0 saturated heterocycles. The van der Waals surface area contributed by atoms with Crippen molar-refractivity contribution in [3.05, 3.63) is 29.3 Å². The van der Waals surface area contributed by atoms with Crippen LogP contribution in [0.1, 0.15) is 63.2 Å². The standard InChI is InChI=1S/C15H24O2/c1-5-6-7-14(16)13-10-12(11(2)3)8-9-15(13)17-4/h8-11,14,16H,5-7H2,1-4H3. The molecule has 0 spiro atoms. The Morgan fingerprint density at radius 3 is 2.53 bits per heavy atom. The molecule has 0 heterocycles. The fourth-order valence-electron chi connectivity index (χ4n) is 1.93. The maximum absolute atomic E-state index is 10.2.